The minimum Gasteiger partial charge on any atom is -0.386 e. The molecule has 1 N–H and O–H groups in total. The summed E-state index contributed by atoms with van der Waals surface area (Å²) in [5.41, 5.74) is 2.02. The molecule has 0 fully saturated rings. The van der Waals surface area contributed by atoms with Gasteiger partial charge in [-0.25, -0.2) is 9.07 Å². The van der Waals surface area contributed by atoms with E-state index >= 15 is 0 Å². The van der Waals surface area contributed by atoms with Crippen molar-refractivity contribution in [1.82, 2.24) is 9.78 Å². The predicted molar refractivity (Wildman–Crippen MR) is 72.6 cm³/mol. The Morgan fingerprint density at radius 2 is 2.11 bits per heavy atom. The van der Waals surface area contributed by atoms with Gasteiger partial charge in [0, 0.05) is 23.4 Å². The van der Waals surface area contributed by atoms with Crippen molar-refractivity contribution >= 4 is 28.4 Å². The van der Waals surface area contributed by atoms with Crippen molar-refractivity contribution in [3.05, 3.63) is 40.4 Å². The molecule has 2 aromatic rings. The molecule has 0 amide bonds. The standard InChI is InChI=1S/C11H11BrFN3.CH2O/c1-7-3-4-15-16(7)11-9(13)5-8(12)6-10(11)14-2;1-2/h3-6,14H,1-2H3;1H2. The number of aromatic nitrogens is 2. The fourth-order valence-electron chi connectivity index (χ4n) is 1.58. The van der Waals surface area contributed by atoms with Gasteiger partial charge in [-0.3, -0.25) is 0 Å². The number of hydrogen-bond donors (Lipinski definition) is 1. The van der Waals surface area contributed by atoms with Crippen molar-refractivity contribution in [3.63, 3.8) is 0 Å². The summed E-state index contributed by atoms with van der Waals surface area (Å²) >= 11 is 3.26. The highest BCUT2D eigenvalue weighted by Gasteiger charge is 2.13. The van der Waals surface area contributed by atoms with Gasteiger partial charge in [0.2, 0.25) is 0 Å². The lowest BCUT2D eigenvalue weighted by Gasteiger charge is -2.12. The Labute approximate surface area is 113 Å². The summed E-state index contributed by atoms with van der Waals surface area (Å²) in [6.45, 7) is 3.88. The van der Waals surface area contributed by atoms with Gasteiger partial charge in [-0.15, -0.1) is 0 Å². The predicted octanol–water partition coefficient (Wildman–Crippen LogP) is 2.94. The Hall–Kier alpha value is -1.69. The van der Waals surface area contributed by atoms with Gasteiger partial charge in [-0.1, -0.05) is 15.9 Å². The average molecular weight is 314 g/mol. The maximum atomic E-state index is 13.9. The lowest BCUT2D eigenvalue weighted by Crippen LogP contribution is -2.06. The van der Waals surface area contributed by atoms with Gasteiger partial charge in [0.25, 0.3) is 0 Å². The van der Waals surface area contributed by atoms with E-state index in [1.807, 2.05) is 25.8 Å². The number of hydrogen-bond acceptors (Lipinski definition) is 3. The Morgan fingerprint density at radius 1 is 1.44 bits per heavy atom. The molecule has 1 aromatic carbocycles. The van der Waals surface area contributed by atoms with Crippen molar-refractivity contribution in [1.29, 1.82) is 0 Å². The molecule has 1 heterocycles. The molecule has 0 aliphatic rings. The number of anilines is 1. The minimum atomic E-state index is -0.314. The first-order valence-electron chi connectivity index (χ1n) is 5.10. The first-order valence-corrected chi connectivity index (χ1v) is 5.89. The zero-order valence-corrected chi connectivity index (χ0v) is 11.7. The molecule has 6 heteroatoms. The largest absolute Gasteiger partial charge is 0.386 e. The van der Waals surface area contributed by atoms with Gasteiger partial charge in [0.1, 0.15) is 12.5 Å². The molecule has 18 heavy (non-hydrogen) atoms. The van der Waals surface area contributed by atoms with Crippen molar-refractivity contribution in [2.75, 3.05) is 12.4 Å². The molecule has 96 valence electrons. The highest BCUT2D eigenvalue weighted by molar-refractivity contribution is 9.10. The molecule has 0 atom stereocenters. The van der Waals surface area contributed by atoms with Crippen LogP contribution in [-0.4, -0.2) is 23.6 Å². The number of benzene rings is 1. The van der Waals surface area contributed by atoms with Crippen molar-refractivity contribution in [2.45, 2.75) is 6.92 Å². The number of nitrogens with zero attached hydrogens (tertiary/aromatic N) is 2. The van der Waals surface area contributed by atoms with Crippen molar-refractivity contribution in [2.24, 2.45) is 0 Å². The second kappa shape index (κ2) is 6.30. The van der Waals surface area contributed by atoms with Crippen molar-refractivity contribution < 1.29 is 9.18 Å². The topological polar surface area (TPSA) is 46.9 Å². The number of nitrogens with one attached hydrogen (secondary N) is 1. The van der Waals surface area contributed by atoms with Gasteiger partial charge in [0.15, 0.2) is 5.82 Å². The van der Waals surface area contributed by atoms with E-state index < -0.39 is 0 Å². The second-order valence-electron chi connectivity index (χ2n) is 3.42. The summed E-state index contributed by atoms with van der Waals surface area (Å²) in [5, 5.41) is 7.07. The number of aryl methyl sites for hydroxylation is 1. The Morgan fingerprint density at radius 3 is 2.61 bits per heavy atom. The third-order valence-electron chi connectivity index (χ3n) is 2.34. The first-order chi connectivity index (χ1) is 8.63. The SMILES string of the molecule is C=O.CNc1cc(Br)cc(F)c1-n1nccc1C. The lowest BCUT2D eigenvalue weighted by molar-refractivity contribution is -0.0979. The zero-order chi connectivity index (χ0) is 13.7. The molecule has 0 bridgehead atoms. The van der Waals surface area contributed by atoms with E-state index in [4.69, 9.17) is 4.79 Å². The molecule has 0 unspecified atom stereocenters. The van der Waals surface area contributed by atoms with Gasteiger partial charge < -0.3 is 10.1 Å². The van der Waals surface area contributed by atoms with Crippen LogP contribution in [0.25, 0.3) is 5.69 Å². The van der Waals surface area contributed by atoms with E-state index in [1.54, 1.807) is 17.9 Å². The number of carbonyl (C=O) groups is 1. The fourth-order valence-corrected chi connectivity index (χ4v) is 2.01. The summed E-state index contributed by atoms with van der Waals surface area (Å²) in [6.07, 6.45) is 1.65. The van der Waals surface area contributed by atoms with Crippen LogP contribution >= 0.6 is 15.9 Å². The van der Waals surface area contributed by atoms with Crippen LogP contribution in [0.3, 0.4) is 0 Å². The molecule has 0 aliphatic carbocycles. The molecule has 0 spiro atoms. The summed E-state index contributed by atoms with van der Waals surface area (Å²) in [5.74, 6) is -0.314. The van der Waals surface area contributed by atoms with E-state index in [-0.39, 0.29) is 5.82 Å². The quantitative estimate of drug-likeness (QED) is 0.927. The van der Waals surface area contributed by atoms with E-state index in [0.717, 1.165) is 5.69 Å². The van der Waals surface area contributed by atoms with Crippen molar-refractivity contribution in [3.8, 4) is 5.69 Å². The second-order valence-corrected chi connectivity index (χ2v) is 4.33. The molecule has 0 radical (unpaired) electrons. The van der Waals surface area contributed by atoms with Gasteiger partial charge in [0.05, 0.1) is 5.69 Å². The average Bonchev–Trinajstić information content (AvgIpc) is 2.77. The Kier molecular flexibility index (Phi) is 5.03. The minimum absolute atomic E-state index is 0.314. The molecule has 0 aliphatic heterocycles. The molecule has 0 saturated carbocycles. The van der Waals surface area contributed by atoms with Crippen LogP contribution < -0.4 is 5.32 Å². The van der Waals surface area contributed by atoms with E-state index in [1.165, 1.54) is 6.07 Å². The maximum absolute atomic E-state index is 13.9. The smallest absolute Gasteiger partial charge is 0.152 e. The Balaban J connectivity index is 0.000000771. The molecular formula is C12H13BrFN3O. The van der Waals surface area contributed by atoms with Crippen LogP contribution in [0, 0.1) is 12.7 Å². The molecular weight excluding hydrogens is 301 g/mol. The summed E-state index contributed by atoms with van der Waals surface area (Å²) < 4.78 is 16.2. The highest BCUT2D eigenvalue weighted by Crippen LogP contribution is 2.28. The van der Waals surface area contributed by atoms with Crippen LogP contribution in [0.5, 0.6) is 0 Å². The number of rotatable bonds is 2. The molecule has 2 rings (SSSR count). The van der Waals surface area contributed by atoms with E-state index in [2.05, 4.69) is 26.3 Å². The molecule has 4 nitrogen and oxygen atoms in total. The third-order valence-corrected chi connectivity index (χ3v) is 2.80. The van der Waals surface area contributed by atoms with E-state index in [9.17, 15) is 4.39 Å². The summed E-state index contributed by atoms with van der Waals surface area (Å²) in [6, 6.07) is 5.08. The summed E-state index contributed by atoms with van der Waals surface area (Å²) in [4.78, 5) is 8.00. The molecule has 0 saturated heterocycles. The van der Waals surface area contributed by atoms with Crippen LogP contribution in [0.15, 0.2) is 28.9 Å². The number of halogens is 2. The Bertz CT molecular complexity index is 542. The lowest BCUT2D eigenvalue weighted by atomic mass is 10.2. The normalized spacial score (nSPS) is 9.56. The van der Waals surface area contributed by atoms with E-state index in [0.29, 0.717) is 15.8 Å². The molecule has 1 aromatic heterocycles. The van der Waals surface area contributed by atoms with Gasteiger partial charge in [-0.2, -0.15) is 5.10 Å². The van der Waals surface area contributed by atoms with Gasteiger partial charge in [-0.05, 0) is 25.1 Å². The highest BCUT2D eigenvalue weighted by atomic mass is 79.9. The monoisotopic (exact) mass is 313 g/mol. The van der Waals surface area contributed by atoms with Crippen LogP contribution in [0.1, 0.15) is 5.69 Å². The zero-order valence-electron chi connectivity index (χ0n) is 10.1. The first kappa shape index (κ1) is 14.4. The summed E-state index contributed by atoms with van der Waals surface area (Å²) in [7, 11) is 1.75. The fraction of sp³-hybridized carbons (Fsp3) is 0.167. The van der Waals surface area contributed by atoms with Crippen LogP contribution in [0.4, 0.5) is 10.1 Å². The van der Waals surface area contributed by atoms with Gasteiger partial charge >= 0.3 is 0 Å². The van der Waals surface area contributed by atoms with Crippen LogP contribution in [0.2, 0.25) is 0 Å². The third kappa shape index (κ3) is 2.76. The maximum Gasteiger partial charge on any atom is 0.152 e. The van der Waals surface area contributed by atoms with Crippen LogP contribution in [-0.2, 0) is 4.79 Å². The number of carbonyl (C=O) groups excluding carboxylic acids is 1.